The lowest BCUT2D eigenvalue weighted by Crippen LogP contribution is -2.43. The van der Waals surface area contributed by atoms with Gasteiger partial charge in [-0.3, -0.25) is 4.99 Å². The Morgan fingerprint density at radius 1 is 1.29 bits per heavy atom. The van der Waals surface area contributed by atoms with Crippen molar-refractivity contribution in [2.75, 3.05) is 25.4 Å². The lowest BCUT2D eigenvalue weighted by Gasteiger charge is -2.35. The van der Waals surface area contributed by atoms with E-state index < -0.39 is 5.60 Å². The number of hydrogen-bond acceptors (Lipinski definition) is 3. The van der Waals surface area contributed by atoms with Crippen molar-refractivity contribution in [3.05, 3.63) is 30.3 Å². The fraction of sp³-hybridized carbons (Fsp3) is 0.562. The summed E-state index contributed by atoms with van der Waals surface area (Å²) in [6.45, 7) is 4.22. The van der Waals surface area contributed by atoms with E-state index in [4.69, 9.17) is 0 Å². The third-order valence-electron chi connectivity index (χ3n) is 3.57. The number of guanidine groups is 1. The van der Waals surface area contributed by atoms with E-state index in [9.17, 15) is 5.11 Å². The van der Waals surface area contributed by atoms with E-state index in [1.165, 1.54) is 4.90 Å². The number of rotatable bonds is 7. The summed E-state index contributed by atoms with van der Waals surface area (Å²) in [5, 5.41) is 16.6. The highest BCUT2D eigenvalue weighted by molar-refractivity contribution is 7.99. The Bertz CT molecular complexity index is 446. The summed E-state index contributed by atoms with van der Waals surface area (Å²) in [7, 11) is 0. The number of nitrogens with one attached hydrogen (secondary N) is 2. The summed E-state index contributed by atoms with van der Waals surface area (Å²) in [4.78, 5) is 5.77. The van der Waals surface area contributed by atoms with Gasteiger partial charge in [-0.2, -0.15) is 0 Å². The summed E-state index contributed by atoms with van der Waals surface area (Å²) in [6, 6.07) is 10.4. The molecule has 0 atom stereocenters. The zero-order valence-corrected chi connectivity index (χ0v) is 13.5. The lowest BCUT2D eigenvalue weighted by atomic mass is 9.80. The van der Waals surface area contributed by atoms with Gasteiger partial charge in [-0.25, -0.2) is 0 Å². The van der Waals surface area contributed by atoms with E-state index in [0.29, 0.717) is 6.54 Å². The molecule has 21 heavy (non-hydrogen) atoms. The summed E-state index contributed by atoms with van der Waals surface area (Å²) < 4.78 is 0. The number of benzene rings is 1. The van der Waals surface area contributed by atoms with Gasteiger partial charge in [0.25, 0.3) is 0 Å². The molecular formula is C16H25N3OS. The van der Waals surface area contributed by atoms with Gasteiger partial charge in [0.1, 0.15) is 0 Å². The van der Waals surface area contributed by atoms with Crippen molar-refractivity contribution in [2.45, 2.75) is 36.7 Å². The van der Waals surface area contributed by atoms with Crippen LogP contribution in [-0.4, -0.2) is 42.1 Å². The number of aliphatic hydroxyl groups is 1. The Balaban J connectivity index is 1.70. The summed E-state index contributed by atoms with van der Waals surface area (Å²) >= 11 is 1.83. The second kappa shape index (κ2) is 8.29. The molecule has 1 fully saturated rings. The third-order valence-corrected chi connectivity index (χ3v) is 4.58. The maximum absolute atomic E-state index is 10.1. The Morgan fingerprint density at radius 2 is 2.05 bits per heavy atom. The van der Waals surface area contributed by atoms with Crippen LogP contribution in [0.4, 0.5) is 0 Å². The Kier molecular flexibility index (Phi) is 6.39. The van der Waals surface area contributed by atoms with Crippen molar-refractivity contribution >= 4 is 17.7 Å². The molecule has 0 heterocycles. The zero-order valence-electron chi connectivity index (χ0n) is 12.6. The van der Waals surface area contributed by atoms with Crippen molar-refractivity contribution < 1.29 is 5.11 Å². The topological polar surface area (TPSA) is 56.7 Å². The average molecular weight is 307 g/mol. The second-order valence-electron chi connectivity index (χ2n) is 5.36. The molecule has 3 N–H and O–H groups in total. The highest BCUT2D eigenvalue weighted by atomic mass is 32.2. The molecule has 0 aliphatic heterocycles. The first-order valence-corrected chi connectivity index (χ1v) is 8.63. The molecule has 116 valence electrons. The van der Waals surface area contributed by atoms with Crippen LogP contribution < -0.4 is 10.6 Å². The smallest absolute Gasteiger partial charge is 0.191 e. The number of aliphatic imine (C=N–C) groups is 1. The van der Waals surface area contributed by atoms with Crippen LogP contribution in [0, 0.1) is 0 Å². The fourth-order valence-electron chi connectivity index (χ4n) is 2.17. The van der Waals surface area contributed by atoms with E-state index in [-0.39, 0.29) is 0 Å². The van der Waals surface area contributed by atoms with Gasteiger partial charge < -0.3 is 15.7 Å². The van der Waals surface area contributed by atoms with Gasteiger partial charge in [0.2, 0.25) is 0 Å². The van der Waals surface area contributed by atoms with Crippen LogP contribution >= 0.6 is 11.8 Å². The van der Waals surface area contributed by atoms with Crippen molar-refractivity contribution in [3.63, 3.8) is 0 Å². The maximum Gasteiger partial charge on any atom is 0.191 e. The molecule has 1 aliphatic rings. The van der Waals surface area contributed by atoms with E-state index in [2.05, 4.69) is 39.9 Å². The molecule has 0 amide bonds. The summed E-state index contributed by atoms with van der Waals surface area (Å²) in [5.41, 5.74) is -0.554. The molecule has 4 nitrogen and oxygen atoms in total. The van der Waals surface area contributed by atoms with Gasteiger partial charge >= 0.3 is 0 Å². The van der Waals surface area contributed by atoms with Crippen LogP contribution in [0.25, 0.3) is 0 Å². The quantitative estimate of drug-likeness (QED) is 0.313. The molecule has 1 saturated carbocycles. The molecule has 5 heteroatoms. The van der Waals surface area contributed by atoms with Gasteiger partial charge in [0, 0.05) is 23.7 Å². The third kappa shape index (κ3) is 5.59. The molecule has 1 aromatic rings. The molecule has 1 aromatic carbocycles. The van der Waals surface area contributed by atoms with Crippen molar-refractivity contribution in [3.8, 4) is 0 Å². The highest BCUT2D eigenvalue weighted by Crippen LogP contribution is 2.31. The van der Waals surface area contributed by atoms with Crippen molar-refractivity contribution in [2.24, 2.45) is 4.99 Å². The van der Waals surface area contributed by atoms with Gasteiger partial charge in [-0.15, -0.1) is 11.8 Å². The maximum atomic E-state index is 10.1. The monoisotopic (exact) mass is 307 g/mol. The number of nitrogens with zero attached hydrogens (tertiary/aromatic N) is 1. The molecule has 0 bridgehead atoms. The predicted octanol–water partition coefficient (Wildman–Crippen LogP) is 2.25. The van der Waals surface area contributed by atoms with E-state index in [0.717, 1.165) is 44.1 Å². The van der Waals surface area contributed by atoms with E-state index >= 15 is 0 Å². The minimum Gasteiger partial charge on any atom is -0.388 e. The predicted molar refractivity (Wildman–Crippen MR) is 89.9 cm³/mol. The summed E-state index contributed by atoms with van der Waals surface area (Å²) in [6.07, 6.45) is 2.86. The van der Waals surface area contributed by atoms with Crippen LogP contribution in [0.3, 0.4) is 0 Å². The van der Waals surface area contributed by atoms with E-state index in [1.807, 2.05) is 24.8 Å². The highest BCUT2D eigenvalue weighted by Gasteiger charge is 2.34. The molecule has 0 aromatic heterocycles. The SMILES string of the molecule is CCNC(=NCC1(O)CCC1)NCCSc1ccccc1. The van der Waals surface area contributed by atoms with Crippen LogP contribution in [-0.2, 0) is 0 Å². The molecule has 0 saturated heterocycles. The standard InChI is InChI=1S/C16H25N3OS/c1-2-17-15(19-13-16(20)9-6-10-16)18-11-12-21-14-7-4-3-5-8-14/h3-5,7-8,20H,2,6,9-13H2,1H3,(H2,17,18,19). The van der Waals surface area contributed by atoms with E-state index in [1.54, 1.807) is 0 Å². The average Bonchev–Trinajstić information content (AvgIpc) is 2.48. The minimum atomic E-state index is -0.554. The van der Waals surface area contributed by atoms with Crippen LogP contribution in [0.15, 0.2) is 40.2 Å². The first kappa shape index (κ1) is 16.2. The van der Waals surface area contributed by atoms with Crippen molar-refractivity contribution in [1.29, 1.82) is 0 Å². The first-order valence-electron chi connectivity index (χ1n) is 7.64. The van der Waals surface area contributed by atoms with Gasteiger partial charge in [0.05, 0.1) is 12.1 Å². The van der Waals surface area contributed by atoms with Crippen molar-refractivity contribution in [1.82, 2.24) is 10.6 Å². The fourth-order valence-corrected chi connectivity index (χ4v) is 2.96. The Labute approximate surface area is 131 Å². The van der Waals surface area contributed by atoms with Crippen LogP contribution in [0.2, 0.25) is 0 Å². The Morgan fingerprint density at radius 3 is 2.67 bits per heavy atom. The Hall–Kier alpha value is -1.20. The second-order valence-corrected chi connectivity index (χ2v) is 6.53. The molecule has 0 unspecified atom stereocenters. The molecule has 0 spiro atoms. The van der Waals surface area contributed by atoms with Crippen LogP contribution in [0.5, 0.6) is 0 Å². The molecule has 1 aliphatic carbocycles. The largest absolute Gasteiger partial charge is 0.388 e. The number of hydrogen-bond donors (Lipinski definition) is 3. The number of thioether (sulfide) groups is 1. The molecule has 0 radical (unpaired) electrons. The zero-order chi connectivity index (χ0) is 15.0. The summed E-state index contributed by atoms with van der Waals surface area (Å²) in [5.74, 6) is 1.78. The van der Waals surface area contributed by atoms with Crippen LogP contribution in [0.1, 0.15) is 26.2 Å². The normalized spacial score (nSPS) is 17.1. The molecular weight excluding hydrogens is 282 g/mol. The van der Waals surface area contributed by atoms with Gasteiger partial charge in [-0.05, 0) is 38.3 Å². The van der Waals surface area contributed by atoms with Gasteiger partial charge in [-0.1, -0.05) is 18.2 Å². The molecule has 2 rings (SSSR count). The van der Waals surface area contributed by atoms with Gasteiger partial charge in [0.15, 0.2) is 5.96 Å². The lowest BCUT2D eigenvalue weighted by molar-refractivity contribution is -0.0236. The minimum absolute atomic E-state index is 0.494. The first-order chi connectivity index (χ1) is 10.2.